The highest BCUT2D eigenvalue weighted by molar-refractivity contribution is 9.09. The molecule has 33 nitrogen and oxygen atoms in total. The van der Waals surface area contributed by atoms with E-state index < -0.39 is 77.8 Å². The number of carbonyl (C=O) groups is 7. The highest BCUT2D eigenvalue weighted by Gasteiger charge is 2.49. The van der Waals surface area contributed by atoms with E-state index in [1.165, 1.54) is 62.0 Å². The molecule has 2 unspecified atom stereocenters. The summed E-state index contributed by atoms with van der Waals surface area (Å²) < 4.78 is 39.3. The second-order valence-corrected chi connectivity index (χ2v) is 26.9. The molecule has 582 valence electrons. The van der Waals surface area contributed by atoms with Crippen molar-refractivity contribution in [2.24, 2.45) is 0 Å². The van der Waals surface area contributed by atoms with E-state index in [0.29, 0.717) is 24.0 Å². The van der Waals surface area contributed by atoms with Crippen LogP contribution in [0, 0.1) is 40.5 Å². The number of aromatic nitrogens is 5. The maximum absolute atomic E-state index is 12.3. The van der Waals surface area contributed by atoms with Crippen LogP contribution < -0.4 is 5.32 Å². The summed E-state index contributed by atoms with van der Waals surface area (Å²) in [5.74, 6) is -5.08. The van der Waals surface area contributed by atoms with Crippen molar-refractivity contribution in [3.8, 4) is 0 Å². The van der Waals surface area contributed by atoms with Gasteiger partial charge in [0.15, 0.2) is 12.2 Å². The molecular formula is C70H93Br2ClN10O23. The molecule has 2 aliphatic carbocycles. The van der Waals surface area contributed by atoms with Gasteiger partial charge in [-0.15, -0.1) is 0 Å². The zero-order chi connectivity index (χ0) is 79.6. The highest BCUT2D eigenvalue weighted by Crippen LogP contribution is 2.48. The lowest BCUT2D eigenvalue weighted by Crippen LogP contribution is -2.35. The van der Waals surface area contributed by atoms with E-state index in [9.17, 15) is 74.0 Å². The van der Waals surface area contributed by atoms with Gasteiger partial charge in [0.05, 0.1) is 86.4 Å². The zero-order valence-corrected chi connectivity index (χ0v) is 65.1. The average Bonchev–Trinajstić information content (AvgIpc) is 1.59. The predicted octanol–water partition coefficient (Wildman–Crippen LogP) is 13.5. The van der Waals surface area contributed by atoms with Crippen LogP contribution in [0.5, 0.6) is 0 Å². The Hall–Kier alpha value is -9.19. The summed E-state index contributed by atoms with van der Waals surface area (Å²) in [6, 6.07) is 7.61. The van der Waals surface area contributed by atoms with E-state index in [0.717, 1.165) is 98.5 Å². The van der Waals surface area contributed by atoms with Crippen LogP contribution >= 0.6 is 43.5 Å². The monoisotopic (exact) mass is 1630 g/mol. The Labute approximate surface area is 635 Å². The number of hydrogen-bond donors (Lipinski definition) is 1. The summed E-state index contributed by atoms with van der Waals surface area (Å²) in [6.07, 6.45) is 25.2. The quantitative estimate of drug-likeness (QED) is 0.0136. The number of carbonyl (C=O) groups excluding carboxylic acids is 7. The number of nitro groups is 4. The summed E-state index contributed by atoms with van der Waals surface area (Å²) in [5, 5.41) is 48.2. The molecule has 5 aromatic heterocycles. The van der Waals surface area contributed by atoms with Crippen LogP contribution in [0.4, 0.5) is 28.4 Å². The molecule has 36 heteroatoms. The van der Waals surface area contributed by atoms with Crippen LogP contribution in [-0.2, 0) is 88.7 Å². The summed E-state index contributed by atoms with van der Waals surface area (Å²) in [7, 11) is 1.68. The topological polar surface area (TPSA) is 442 Å². The van der Waals surface area contributed by atoms with E-state index in [2.05, 4.69) is 66.8 Å². The van der Waals surface area contributed by atoms with Crippen molar-refractivity contribution in [2.75, 3.05) is 56.1 Å². The zero-order valence-electron chi connectivity index (χ0n) is 61.2. The van der Waals surface area contributed by atoms with E-state index >= 15 is 0 Å². The summed E-state index contributed by atoms with van der Waals surface area (Å²) in [6.45, 7) is 18.5. The smallest absolute Gasteiger partial charge is 0.325 e. The lowest BCUT2D eigenvalue weighted by molar-refractivity contribution is -0.386. The fraction of sp³-hybridized carbons (Fsp3) is 0.543. The number of esters is 6. The van der Waals surface area contributed by atoms with E-state index in [1.807, 2.05) is 6.07 Å². The molecule has 106 heavy (non-hydrogen) atoms. The molecule has 4 aliphatic rings. The standard InChI is InChI=1S/C14H18N2O6.C13H16N2O4.C11H12N2O.C9H10N2O4.C9H16O4.C5H3ClN2O2.C5H10O2.C4H8Br2/c1-5-21-12(17)11(13(18)22-14(2,3)4)9-6-7-15-8-10(9)16(19)20;1-2-19-12(16)13(6-3-4-7-13)10-5-8-14-9-11(10)15(17)18;14-10-11(4-1-2-5-11)8-3-6-12-7-9(8)13-10;1-2-15-9(12)5-7-3-4-10-6-8(7)11(13)14;1-5-12-7(10)6-8(11)13-9(2,3)4;6-4-1-2-7-3-5(4)8(9)10;1-6-5-3-2-4-7-5;5-3-1-2-4-6/h6-8,11H,5H2,1-4H3;5,8-9H,2-4,6-7H2,1H3;3,6-7H,1-2,4-5H2,(H,13,14);3-4,6H,2,5H2,1H3;5-6H2,1-4H3;1-3H;5H,2-4H2,1H3;1-4H2. The number of nitrogens with one attached hydrogen (secondary N) is 1. The number of anilines is 1. The lowest BCUT2D eigenvalue weighted by Gasteiger charge is -2.26. The van der Waals surface area contributed by atoms with Crippen molar-refractivity contribution >= 4 is 114 Å². The molecular weight excluding hydrogens is 1540 g/mol. The molecule has 5 aromatic rings. The first-order chi connectivity index (χ1) is 50.2. The molecule has 2 aliphatic heterocycles. The minimum Gasteiger partial charge on any atom is -0.466 e. The second kappa shape index (κ2) is 48.1. The number of methoxy groups -OCH3 is 1. The number of rotatable bonds is 21. The largest absolute Gasteiger partial charge is 0.466 e. The van der Waals surface area contributed by atoms with Gasteiger partial charge in [-0.25, -0.2) is 0 Å². The Morgan fingerprint density at radius 3 is 1.53 bits per heavy atom. The van der Waals surface area contributed by atoms with Gasteiger partial charge in [-0.2, -0.15) is 0 Å². The molecule has 0 bridgehead atoms. The highest BCUT2D eigenvalue weighted by atomic mass is 79.9. The third-order valence-corrected chi connectivity index (χ3v) is 16.4. The van der Waals surface area contributed by atoms with Gasteiger partial charge >= 0.3 is 41.5 Å². The molecule has 0 radical (unpaired) electrons. The van der Waals surface area contributed by atoms with Crippen LogP contribution in [0.2, 0.25) is 5.02 Å². The fourth-order valence-electron chi connectivity index (χ4n) is 10.5. The Morgan fingerprint density at radius 1 is 0.585 bits per heavy atom. The average molecular weight is 1640 g/mol. The summed E-state index contributed by atoms with van der Waals surface area (Å²) >= 11 is 12.1. The van der Waals surface area contributed by atoms with Gasteiger partial charge in [0.25, 0.3) is 17.1 Å². The second-order valence-electron chi connectivity index (χ2n) is 24.9. The van der Waals surface area contributed by atoms with Crippen LogP contribution in [0.3, 0.4) is 0 Å². The number of ether oxygens (including phenoxy) is 8. The van der Waals surface area contributed by atoms with Gasteiger partial charge < -0.3 is 43.2 Å². The van der Waals surface area contributed by atoms with Crippen molar-refractivity contribution in [1.29, 1.82) is 0 Å². The van der Waals surface area contributed by atoms with Gasteiger partial charge in [-0.1, -0.05) is 69.1 Å². The normalized spacial score (nSPS) is 14.7. The molecule has 1 spiro atoms. The number of hydrogen-bond acceptors (Lipinski definition) is 28. The van der Waals surface area contributed by atoms with Gasteiger partial charge in [0.1, 0.15) is 47.4 Å². The first-order valence-corrected chi connectivity index (χ1v) is 36.4. The molecule has 3 fully saturated rings. The van der Waals surface area contributed by atoms with Gasteiger partial charge in [-0.05, 0) is 150 Å². The SMILES string of the molecule is BrCCCCBr.CCOC(=O)C(C(=O)OC(C)(C)C)c1ccncc1[N+](=O)[O-].CCOC(=O)C1(c2ccncc2[N+](=O)[O-])CCCC1.CCOC(=O)CC(=O)OC(C)(C)C.CCOC(=O)Cc1ccncc1[N+](=O)[O-].COC1CCCO1.O=C1Nc2cnccc2C12CCCC2.O=[N+]([O-])c1cnccc1Cl. The molecule has 9 rings (SSSR count). The van der Waals surface area contributed by atoms with Gasteiger partial charge in [-0.3, -0.25) is 98.9 Å². The Bertz CT molecular complexity index is 3670. The number of amides is 1. The van der Waals surface area contributed by atoms with E-state index in [-0.39, 0.29) is 90.5 Å². The molecule has 7 heterocycles. The Morgan fingerprint density at radius 2 is 1.06 bits per heavy atom. The van der Waals surface area contributed by atoms with Gasteiger partial charge in [0.2, 0.25) is 5.91 Å². The molecule has 1 saturated heterocycles. The molecule has 2 atom stereocenters. The molecule has 0 aromatic carbocycles. The van der Waals surface area contributed by atoms with Crippen molar-refractivity contribution < 1.29 is 91.1 Å². The van der Waals surface area contributed by atoms with Crippen LogP contribution in [0.25, 0.3) is 0 Å². The van der Waals surface area contributed by atoms with Crippen LogP contribution in [0.1, 0.15) is 181 Å². The fourth-order valence-corrected chi connectivity index (χ4v) is 11.4. The van der Waals surface area contributed by atoms with Crippen LogP contribution in [-0.4, -0.2) is 155 Å². The number of unbranched alkanes of at least 4 members (excludes halogenated alkanes) is 1. The van der Waals surface area contributed by atoms with E-state index in [4.69, 9.17) is 44.8 Å². The van der Waals surface area contributed by atoms with Crippen molar-refractivity contribution in [3.63, 3.8) is 0 Å². The first kappa shape index (κ1) is 92.9. The predicted molar refractivity (Wildman–Crippen MR) is 394 cm³/mol. The number of fused-ring (bicyclic) bond motifs is 2. The molecule has 1 N–H and O–H groups in total. The minimum absolute atomic E-state index is 0.0387. The number of alkyl halides is 2. The number of pyridine rings is 5. The van der Waals surface area contributed by atoms with Gasteiger partial charge in [0, 0.05) is 67.3 Å². The van der Waals surface area contributed by atoms with Crippen molar-refractivity contribution in [1.82, 2.24) is 24.9 Å². The minimum atomic E-state index is -1.53. The summed E-state index contributed by atoms with van der Waals surface area (Å²) in [5.41, 5.74) is -0.620. The third kappa shape index (κ3) is 31.9. The molecule has 1 amide bonds. The van der Waals surface area contributed by atoms with Crippen molar-refractivity contribution in [2.45, 2.75) is 193 Å². The lowest BCUT2D eigenvalue weighted by atomic mass is 9.78. The van der Waals surface area contributed by atoms with Crippen molar-refractivity contribution in [3.05, 3.63) is 160 Å². The maximum Gasteiger partial charge on any atom is 0.325 e. The molecule has 2 saturated carbocycles. The van der Waals surface area contributed by atoms with Crippen LogP contribution in [0.15, 0.2) is 92.3 Å². The number of halogens is 3. The maximum atomic E-state index is 12.3. The first-order valence-electron chi connectivity index (χ1n) is 33.8. The number of nitrogens with zero attached hydrogens (tertiary/aromatic N) is 9. The Kier molecular flexibility index (Phi) is 42.2. The van der Waals surface area contributed by atoms with E-state index in [1.54, 1.807) is 94.8 Å². The Balaban J connectivity index is 0.000000422. The third-order valence-electron chi connectivity index (χ3n) is 15.0. The summed E-state index contributed by atoms with van der Waals surface area (Å²) in [4.78, 5) is 141.